The lowest BCUT2D eigenvalue weighted by Gasteiger charge is -2.09. The van der Waals surface area contributed by atoms with E-state index in [0.29, 0.717) is 11.4 Å². The molecule has 2 heterocycles. The van der Waals surface area contributed by atoms with Gasteiger partial charge in [0.05, 0.1) is 5.69 Å². The Morgan fingerprint density at radius 1 is 1.28 bits per heavy atom. The van der Waals surface area contributed by atoms with Crippen LogP contribution in [-0.2, 0) is 13.0 Å². The summed E-state index contributed by atoms with van der Waals surface area (Å²) < 4.78 is 6.00. The third-order valence-corrected chi connectivity index (χ3v) is 4.62. The lowest BCUT2D eigenvalue weighted by atomic mass is 10.2. The van der Waals surface area contributed by atoms with Crippen LogP contribution in [0.15, 0.2) is 42.7 Å². The van der Waals surface area contributed by atoms with Crippen LogP contribution in [-0.4, -0.2) is 31.6 Å². The van der Waals surface area contributed by atoms with Gasteiger partial charge in [0.25, 0.3) is 5.91 Å². The van der Waals surface area contributed by atoms with Gasteiger partial charge in [-0.25, -0.2) is 4.98 Å². The number of benzene rings is 1. The standard InChI is InChI=1S/C18H21N5OS/c1-2-7-15-16(25-22-21-15)18(24)20-10-6-12-23-13-11-19-17(23)14-8-4-3-5-9-14/h3-5,8-9,11,13H,2,6-7,10,12H2,1H3,(H,20,24). The molecule has 0 atom stereocenters. The lowest BCUT2D eigenvalue weighted by molar-refractivity contribution is 0.0955. The van der Waals surface area contributed by atoms with E-state index in [-0.39, 0.29) is 5.91 Å². The summed E-state index contributed by atoms with van der Waals surface area (Å²) in [5.41, 5.74) is 1.89. The van der Waals surface area contributed by atoms with Crippen LogP contribution in [0, 0.1) is 0 Å². The van der Waals surface area contributed by atoms with Crippen molar-refractivity contribution in [3.05, 3.63) is 53.3 Å². The van der Waals surface area contributed by atoms with Gasteiger partial charge in [-0.3, -0.25) is 4.79 Å². The minimum absolute atomic E-state index is 0.0765. The fourth-order valence-corrected chi connectivity index (χ4v) is 3.27. The number of aromatic nitrogens is 4. The van der Waals surface area contributed by atoms with E-state index >= 15 is 0 Å². The van der Waals surface area contributed by atoms with Crippen molar-refractivity contribution in [3.63, 3.8) is 0 Å². The van der Waals surface area contributed by atoms with E-state index in [1.54, 1.807) is 6.20 Å². The van der Waals surface area contributed by atoms with Crippen molar-refractivity contribution in [1.29, 1.82) is 0 Å². The molecule has 130 valence electrons. The molecule has 0 fully saturated rings. The molecule has 7 heteroatoms. The molecule has 0 saturated carbocycles. The summed E-state index contributed by atoms with van der Waals surface area (Å²) in [5.74, 6) is 0.871. The zero-order valence-corrected chi connectivity index (χ0v) is 15.0. The van der Waals surface area contributed by atoms with Gasteiger partial charge in [0.1, 0.15) is 10.7 Å². The van der Waals surface area contributed by atoms with E-state index in [0.717, 1.165) is 54.4 Å². The topological polar surface area (TPSA) is 72.7 Å². The monoisotopic (exact) mass is 355 g/mol. The number of amides is 1. The van der Waals surface area contributed by atoms with Gasteiger partial charge in [-0.1, -0.05) is 48.2 Å². The second-order valence-electron chi connectivity index (χ2n) is 5.72. The summed E-state index contributed by atoms with van der Waals surface area (Å²) in [6, 6.07) is 10.1. The fourth-order valence-electron chi connectivity index (χ4n) is 2.65. The first-order valence-corrected chi connectivity index (χ1v) is 9.23. The Balaban J connectivity index is 1.52. The van der Waals surface area contributed by atoms with E-state index in [1.165, 1.54) is 0 Å². The maximum atomic E-state index is 12.3. The second-order valence-corrected chi connectivity index (χ2v) is 6.47. The van der Waals surface area contributed by atoms with E-state index in [4.69, 9.17) is 0 Å². The highest BCUT2D eigenvalue weighted by molar-refractivity contribution is 7.08. The van der Waals surface area contributed by atoms with Crippen molar-refractivity contribution in [2.24, 2.45) is 0 Å². The first kappa shape index (κ1) is 17.3. The molecule has 0 aliphatic rings. The molecular formula is C18H21N5OS. The predicted octanol–water partition coefficient (Wildman–Crippen LogP) is 3.17. The Hall–Kier alpha value is -2.54. The minimum atomic E-state index is -0.0765. The molecule has 0 radical (unpaired) electrons. The number of hydrogen-bond donors (Lipinski definition) is 1. The fraction of sp³-hybridized carbons (Fsp3) is 0.333. The second kappa shape index (κ2) is 8.53. The number of nitrogens with one attached hydrogen (secondary N) is 1. The van der Waals surface area contributed by atoms with Crippen molar-refractivity contribution in [2.75, 3.05) is 6.54 Å². The van der Waals surface area contributed by atoms with Crippen LogP contribution >= 0.6 is 11.5 Å². The molecule has 1 aromatic carbocycles. The Kier molecular flexibility index (Phi) is 5.90. The molecule has 6 nitrogen and oxygen atoms in total. The van der Waals surface area contributed by atoms with Gasteiger partial charge >= 0.3 is 0 Å². The van der Waals surface area contributed by atoms with Gasteiger partial charge in [0, 0.05) is 31.0 Å². The summed E-state index contributed by atoms with van der Waals surface area (Å²) in [6.07, 6.45) is 6.35. The van der Waals surface area contributed by atoms with Crippen molar-refractivity contribution in [1.82, 2.24) is 24.5 Å². The smallest absolute Gasteiger partial charge is 0.264 e. The zero-order valence-electron chi connectivity index (χ0n) is 14.2. The van der Waals surface area contributed by atoms with E-state index in [9.17, 15) is 4.79 Å². The zero-order chi connectivity index (χ0) is 17.5. The van der Waals surface area contributed by atoms with E-state index < -0.39 is 0 Å². The maximum absolute atomic E-state index is 12.3. The Bertz CT molecular complexity index is 812. The molecule has 2 aromatic heterocycles. The SMILES string of the molecule is CCCc1nnsc1C(=O)NCCCn1ccnc1-c1ccccc1. The van der Waals surface area contributed by atoms with Crippen LogP contribution in [0.25, 0.3) is 11.4 Å². The molecular weight excluding hydrogens is 334 g/mol. The summed E-state index contributed by atoms with van der Waals surface area (Å²) in [5, 5.41) is 7.00. The lowest BCUT2D eigenvalue weighted by Crippen LogP contribution is -2.25. The van der Waals surface area contributed by atoms with Gasteiger partial charge in [-0.2, -0.15) is 0 Å². The number of rotatable bonds is 8. The molecule has 0 unspecified atom stereocenters. The molecule has 1 N–H and O–H groups in total. The van der Waals surface area contributed by atoms with Gasteiger partial charge < -0.3 is 9.88 Å². The first-order chi connectivity index (χ1) is 12.3. The highest BCUT2D eigenvalue weighted by Crippen LogP contribution is 2.17. The van der Waals surface area contributed by atoms with Crippen molar-refractivity contribution >= 4 is 17.4 Å². The van der Waals surface area contributed by atoms with Gasteiger partial charge in [0.2, 0.25) is 0 Å². The maximum Gasteiger partial charge on any atom is 0.264 e. The number of imidazole rings is 1. The molecule has 0 bridgehead atoms. The van der Waals surface area contributed by atoms with Crippen LogP contribution < -0.4 is 5.32 Å². The van der Waals surface area contributed by atoms with Crippen LogP contribution in [0.1, 0.15) is 35.1 Å². The first-order valence-electron chi connectivity index (χ1n) is 8.45. The van der Waals surface area contributed by atoms with Crippen LogP contribution in [0.2, 0.25) is 0 Å². The van der Waals surface area contributed by atoms with Crippen LogP contribution in [0.3, 0.4) is 0 Å². The summed E-state index contributed by atoms with van der Waals surface area (Å²) in [6.45, 7) is 3.47. The normalized spacial score (nSPS) is 10.8. The van der Waals surface area contributed by atoms with E-state index in [2.05, 4.69) is 31.4 Å². The molecule has 0 aliphatic carbocycles. The number of nitrogens with zero attached hydrogens (tertiary/aromatic N) is 4. The molecule has 3 rings (SSSR count). The third kappa shape index (κ3) is 4.30. The molecule has 3 aromatic rings. The minimum Gasteiger partial charge on any atom is -0.351 e. The molecule has 0 aliphatic heterocycles. The van der Waals surface area contributed by atoms with Crippen molar-refractivity contribution in [2.45, 2.75) is 32.7 Å². The van der Waals surface area contributed by atoms with Gasteiger partial charge in [-0.05, 0) is 24.4 Å². The average molecular weight is 355 g/mol. The molecule has 0 spiro atoms. The van der Waals surface area contributed by atoms with Gasteiger partial charge in [0.15, 0.2) is 0 Å². The highest BCUT2D eigenvalue weighted by atomic mass is 32.1. The Morgan fingerprint density at radius 3 is 2.92 bits per heavy atom. The molecule has 25 heavy (non-hydrogen) atoms. The number of hydrogen-bond acceptors (Lipinski definition) is 5. The number of aryl methyl sites for hydroxylation is 2. The number of carbonyl (C=O) groups excluding carboxylic acids is 1. The predicted molar refractivity (Wildman–Crippen MR) is 98.5 cm³/mol. The molecule has 0 saturated heterocycles. The summed E-state index contributed by atoms with van der Waals surface area (Å²) >= 11 is 1.16. The van der Waals surface area contributed by atoms with Crippen molar-refractivity contribution in [3.8, 4) is 11.4 Å². The van der Waals surface area contributed by atoms with E-state index in [1.807, 2.05) is 36.5 Å². The van der Waals surface area contributed by atoms with Gasteiger partial charge in [-0.15, -0.1) is 5.10 Å². The number of carbonyl (C=O) groups is 1. The quantitative estimate of drug-likeness (QED) is 0.630. The Labute approximate surface area is 151 Å². The van der Waals surface area contributed by atoms with Crippen molar-refractivity contribution < 1.29 is 4.79 Å². The van der Waals surface area contributed by atoms with Crippen LogP contribution in [0.5, 0.6) is 0 Å². The third-order valence-electron chi connectivity index (χ3n) is 3.86. The average Bonchev–Trinajstić information content (AvgIpc) is 3.29. The van der Waals surface area contributed by atoms with Crippen LogP contribution in [0.4, 0.5) is 0 Å². The Morgan fingerprint density at radius 2 is 2.12 bits per heavy atom. The largest absolute Gasteiger partial charge is 0.351 e. The molecule has 1 amide bonds. The highest BCUT2D eigenvalue weighted by Gasteiger charge is 2.15. The summed E-state index contributed by atoms with van der Waals surface area (Å²) in [7, 11) is 0. The summed E-state index contributed by atoms with van der Waals surface area (Å²) in [4.78, 5) is 17.3.